The van der Waals surface area contributed by atoms with Gasteiger partial charge in [-0.1, -0.05) is 18.2 Å². The zero-order valence-electron chi connectivity index (χ0n) is 11.7. The quantitative estimate of drug-likeness (QED) is 0.833. The number of nitrogens with zero attached hydrogens (tertiary/aromatic N) is 1. The summed E-state index contributed by atoms with van der Waals surface area (Å²) in [7, 11) is 0. The number of benzene rings is 1. The van der Waals surface area contributed by atoms with Gasteiger partial charge in [0.2, 0.25) is 0 Å². The van der Waals surface area contributed by atoms with Crippen LogP contribution in [0.3, 0.4) is 0 Å². The standard InChI is InChI=1S/C16H24N2S/c1-13-11-17-16(14-7-8-14)12-18(13)9-10-19-15-5-3-2-4-6-15/h2-6,13-14,16-17H,7-12H2,1H3. The molecule has 2 atom stereocenters. The molecule has 3 rings (SSSR count). The van der Waals surface area contributed by atoms with Crippen molar-refractivity contribution in [1.82, 2.24) is 10.2 Å². The lowest BCUT2D eigenvalue weighted by Gasteiger charge is -2.39. The SMILES string of the molecule is CC1CNC(C2CC2)CN1CCSc1ccccc1. The van der Waals surface area contributed by atoms with Crippen LogP contribution in [0.4, 0.5) is 0 Å². The highest BCUT2D eigenvalue weighted by Crippen LogP contribution is 2.34. The van der Waals surface area contributed by atoms with E-state index >= 15 is 0 Å². The van der Waals surface area contributed by atoms with Gasteiger partial charge in [-0.3, -0.25) is 4.90 Å². The van der Waals surface area contributed by atoms with E-state index in [4.69, 9.17) is 0 Å². The van der Waals surface area contributed by atoms with Crippen LogP contribution in [0.5, 0.6) is 0 Å². The highest BCUT2D eigenvalue weighted by molar-refractivity contribution is 7.99. The molecule has 2 fully saturated rings. The van der Waals surface area contributed by atoms with Crippen LogP contribution in [-0.4, -0.2) is 42.4 Å². The second kappa shape index (κ2) is 6.29. The molecule has 1 saturated carbocycles. The summed E-state index contributed by atoms with van der Waals surface area (Å²) in [4.78, 5) is 4.07. The highest BCUT2D eigenvalue weighted by Gasteiger charge is 2.35. The molecule has 1 N–H and O–H groups in total. The lowest BCUT2D eigenvalue weighted by Crippen LogP contribution is -2.56. The van der Waals surface area contributed by atoms with Crippen LogP contribution in [0.25, 0.3) is 0 Å². The van der Waals surface area contributed by atoms with Crippen molar-refractivity contribution in [3.05, 3.63) is 30.3 Å². The molecule has 2 aliphatic rings. The molecule has 1 aromatic carbocycles. The largest absolute Gasteiger partial charge is 0.311 e. The minimum Gasteiger partial charge on any atom is -0.311 e. The van der Waals surface area contributed by atoms with Gasteiger partial charge in [-0.25, -0.2) is 0 Å². The van der Waals surface area contributed by atoms with Gasteiger partial charge >= 0.3 is 0 Å². The van der Waals surface area contributed by atoms with E-state index in [2.05, 4.69) is 47.5 Å². The second-order valence-corrected chi connectivity index (χ2v) is 7.03. The molecule has 1 heterocycles. The number of hydrogen-bond donors (Lipinski definition) is 1. The molecule has 19 heavy (non-hydrogen) atoms. The number of thioether (sulfide) groups is 1. The van der Waals surface area contributed by atoms with Gasteiger partial charge in [-0.2, -0.15) is 0 Å². The van der Waals surface area contributed by atoms with E-state index in [1.807, 2.05) is 11.8 Å². The van der Waals surface area contributed by atoms with Crippen LogP contribution in [0.2, 0.25) is 0 Å². The molecular formula is C16H24N2S. The Morgan fingerprint density at radius 2 is 2.05 bits per heavy atom. The van der Waals surface area contributed by atoms with Gasteiger partial charge < -0.3 is 5.32 Å². The first-order valence-electron chi connectivity index (χ1n) is 7.48. The molecule has 1 aromatic rings. The fourth-order valence-corrected chi connectivity index (χ4v) is 3.78. The molecule has 0 aromatic heterocycles. The van der Waals surface area contributed by atoms with Crippen molar-refractivity contribution in [3.8, 4) is 0 Å². The summed E-state index contributed by atoms with van der Waals surface area (Å²) in [5.74, 6) is 2.17. The number of rotatable bonds is 5. The molecule has 0 bridgehead atoms. The van der Waals surface area contributed by atoms with Crippen molar-refractivity contribution in [2.45, 2.75) is 36.7 Å². The molecular weight excluding hydrogens is 252 g/mol. The lowest BCUT2D eigenvalue weighted by atomic mass is 10.1. The zero-order valence-corrected chi connectivity index (χ0v) is 12.5. The Morgan fingerprint density at radius 1 is 1.26 bits per heavy atom. The molecule has 0 radical (unpaired) electrons. The average Bonchev–Trinajstić information content (AvgIpc) is 3.27. The van der Waals surface area contributed by atoms with E-state index in [0.717, 1.165) is 18.5 Å². The van der Waals surface area contributed by atoms with Gasteiger partial charge in [0, 0.05) is 42.4 Å². The first-order chi connectivity index (χ1) is 9.33. The summed E-state index contributed by atoms with van der Waals surface area (Å²) in [5, 5.41) is 3.72. The maximum absolute atomic E-state index is 3.72. The smallest absolute Gasteiger partial charge is 0.0224 e. The van der Waals surface area contributed by atoms with E-state index in [1.165, 1.54) is 36.6 Å². The molecule has 1 saturated heterocycles. The van der Waals surface area contributed by atoms with Crippen molar-refractivity contribution >= 4 is 11.8 Å². The van der Waals surface area contributed by atoms with Gasteiger partial charge in [0.1, 0.15) is 0 Å². The average molecular weight is 276 g/mol. The third kappa shape index (κ3) is 3.74. The summed E-state index contributed by atoms with van der Waals surface area (Å²) >= 11 is 1.98. The highest BCUT2D eigenvalue weighted by atomic mass is 32.2. The summed E-state index contributed by atoms with van der Waals surface area (Å²) in [5.41, 5.74) is 0. The Labute approximate surface area is 121 Å². The number of piperazine rings is 1. The number of hydrogen-bond acceptors (Lipinski definition) is 3. The molecule has 2 unspecified atom stereocenters. The fraction of sp³-hybridized carbons (Fsp3) is 0.625. The van der Waals surface area contributed by atoms with Crippen LogP contribution >= 0.6 is 11.8 Å². The second-order valence-electron chi connectivity index (χ2n) is 5.86. The predicted molar refractivity (Wildman–Crippen MR) is 82.7 cm³/mol. The van der Waals surface area contributed by atoms with E-state index in [0.29, 0.717) is 6.04 Å². The summed E-state index contributed by atoms with van der Waals surface area (Å²) < 4.78 is 0. The monoisotopic (exact) mass is 276 g/mol. The third-order valence-electron chi connectivity index (χ3n) is 4.31. The van der Waals surface area contributed by atoms with Crippen molar-refractivity contribution in [1.29, 1.82) is 0 Å². The Bertz CT molecular complexity index is 391. The van der Waals surface area contributed by atoms with Crippen molar-refractivity contribution < 1.29 is 0 Å². The van der Waals surface area contributed by atoms with Gasteiger partial charge in [0.15, 0.2) is 0 Å². The maximum Gasteiger partial charge on any atom is 0.0224 e. The first-order valence-corrected chi connectivity index (χ1v) is 8.47. The minimum absolute atomic E-state index is 0.686. The molecule has 0 amide bonds. The topological polar surface area (TPSA) is 15.3 Å². The lowest BCUT2D eigenvalue weighted by molar-refractivity contribution is 0.141. The Kier molecular flexibility index (Phi) is 4.46. The maximum atomic E-state index is 3.72. The van der Waals surface area contributed by atoms with Crippen LogP contribution < -0.4 is 5.32 Å². The molecule has 2 nitrogen and oxygen atoms in total. The molecule has 1 aliphatic heterocycles. The van der Waals surface area contributed by atoms with Gasteiger partial charge in [0.25, 0.3) is 0 Å². The van der Waals surface area contributed by atoms with Crippen LogP contribution in [0.1, 0.15) is 19.8 Å². The normalized spacial score (nSPS) is 28.5. The van der Waals surface area contributed by atoms with E-state index in [9.17, 15) is 0 Å². The van der Waals surface area contributed by atoms with Crippen molar-refractivity contribution in [2.75, 3.05) is 25.4 Å². The molecule has 104 valence electrons. The third-order valence-corrected chi connectivity index (χ3v) is 5.30. The van der Waals surface area contributed by atoms with Crippen molar-refractivity contribution in [3.63, 3.8) is 0 Å². The first kappa shape index (κ1) is 13.5. The van der Waals surface area contributed by atoms with Crippen LogP contribution in [-0.2, 0) is 0 Å². The Balaban J connectivity index is 1.45. The van der Waals surface area contributed by atoms with Gasteiger partial charge in [-0.15, -0.1) is 11.8 Å². The Morgan fingerprint density at radius 3 is 2.79 bits per heavy atom. The van der Waals surface area contributed by atoms with Crippen molar-refractivity contribution in [2.24, 2.45) is 5.92 Å². The summed E-state index contributed by atoms with van der Waals surface area (Å²) in [6, 6.07) is 12.2. The van der Waals surface area contributed by atoms with E-state index in [1.54, 1.807) is 0 Å². The van der Waals surface area contributed by atoms with Crippen LogP contribution in [0.15, 0.2) is 35.2 Å². The zero-order chi connectivity index (χ0) is 13.1. The van der Waals surface area contributed by atoms with Gasteiger partial charge in [-0.05, 0) is 37.8 Å². The summed E-state index contributed by atoms with van der Waals surface area (Å²) in [6.45, 7) is 5.98. The minimum atomic E-state index is 0.686. The van der Waals surface area contributed by atoms with Crippen LogP contribution in [0, 0.1) is 5.92 Å². The van der Waals surface area contributed by atoms with E-state index < -0.39 is 0 Å². The molecule has 0 spiro atoms. The van der Waals surface area contributed by atoms with Gasteiger partial charge in [0.05, 0.1) is 0 Å². The molecule has 1 aliphatic carbocycles. The predicted octanol–water partition coefficient (Wildman–Crippen LogP) is 2.85. The fourth-order valence-electron chi connectivity index (χ4n) is 2.87. The Hall–Kier alpha value is -0.510. The summed E-state index contributed by atoms with van der Waals surface area (Å²) in [6.07, 6.45) is 2.89. The van der Waals surface area contributed by atoms with E-state index in [-0.39, 0.29) is 0 Å². The molecule has 3 heteroatoms. The number of nitrogens with one attached hydrogen (secondary N) is 1.